The van der Waals surface area contributed by atoms with Crippen molar-refractivity contribution < 1.29 is 19.4 Å². The number of carbonyl (C=O) groups is 2. The molecule has 36 heavy (non-hydrogen) atoms. The third-order valence-electron chi connectivity index (χ3n) is 8.13. The fraction of sp³-hybridized carbons (Fsp3) is 0.552. The monoisotopic (exact) mass is 491 g/mol. The molecule has 2 saturated carbocycles. The highest BCUT2D eigenvalue weighted by Gasteiger charge is 2.51. The van der Waals surface area contributed by atoms with Crippen molar-refractivity contribution >= 4 is 12.0 Å². The van der Waals surface area contributed by atoms with Gasteiger partial charge in [-0.2, -0.15) is 0 Å². The summed E-state index contributed by atoms with van der Waals surface area (Å²) in [5.74, 6) is 0.299. The Hall–Kier alpha value is -2.93. The minimum Gasteiger partial charge on any atom is -0.443 e. The molecule has 5 rings (SSSR count). The lowest BCUT2D eigenvalue weighted by Crippen LogP contribution is -2.53. The normalized spacial score (nSPS) is 24.2. The predicted octanol–water partition coefficient (Wildman–Crippen LogP) is 4.87. The minimum atomic E-state index is -0.884. The maximum Gasteiger partial charge on any atom is 0.410 e. The number of hydrogen-bond donors (Lipinski definition) is 2. The highest BCUT2D eigenvalue weighted by Crippen LogP contribution is 2.47. The van der Waals surface area contributed by atoms with Crippen LogP contribution in [-0.4, -0.2) is 44.7 Å². The van der Waals surface area contributed by atoms with Crippen LogP contribution in [-0.2, 0) is 14.9 Å². The Kier molecular flexibility index (Phi) is 6.10. The summed E-state index contributed by atoms with van der Waals surface area (Å²) >= 11 is 0. The number of primary amides is 1. The van der Waals surface area contributed by atoms with Crippen molar-refractivity contribution in [3.05, 3.63) is 53.9 Å². The van der Waals surface area contributed by atoms with Crippen LogP contribution < -0.4 is 5.73 Å². The summed E-state index contributed by atoms with van der Waals surface area (Å²) < 4.78 is 6.10. The summed E-state index contributed by atoms with van der Waals surface area (Å²) in [5, 5.41) is 10.5. The molecule has 3 fully saturated rings. The van der Waals surface area contributed by atoms with Crippen molar-refractivity contribution in [1.29, 1.82) is 0 Å². The average molecular weight is 492 g/mol. The van der Waals surface area contributed by atoms with Gasteiger partial charge in [0.2, 0.25) is 5.91 Å². The molecule has 192 valence electrons. The summed E-state index contributed by atoms with van der Waals surface area (Å²) in [5.41, 5.74) is 7.28. The average Bonchev–Trinajstić information content (AvgIpc) is 3.74. The van der Waals surface area contributed by atoms with Crippen molar-refractivity contribution in [3.63, 3.8) is 0 Å². The number of aliphatic hydroxyl groups is 1. The van der Waals surface area contributed by atoms with E-state index in [0.29, 0.717) is 18.9 Å². The van der Waals surface area contributed by atoms with Crippen molar-refractivity contribution in [2.45, 2.75) is 88.4 Å². The molecule has 1 aliphatic heterocycles. The van der Waals surface area contributed by atoms with Gasteiger partial charge < -0.3 is 20.5 Å². The molecule has 2 heterocycles. The summed E-state index contributed by atoms with van der Waals surface area (Å²) in [4.78, 5) is 31.2. The predicted molar refractivity (Wildman–Crippen MR) is 137 cm³/mol. The molecule has 1 unspecified atom stereocenters. The maximum absolute atomic E-state index is 13.1. The summed E-state index contributed by atoms with van der Waals surface area (Å²) in [6.07, 6.45) is 7.42. The van der Waals surface area contributed by atoms with E-state index < -0.39 is 16.6 Å². The number of nitrogens with zero attached hydrogens (tertiary/aromatic N) is 2. The van der Waals surface area contributed by atoms with Gasteiger partial charge in [0.1, 0.15) is 5.60 Å². The van der Waals surface area contributed by atoms with Crippen molar-refractivity contribution in [2.24, 2.45) is 11.7 Å². The van der Waals surface area contributed by atoms with E-state index in [0.717, 1.165) is 48.1 Å². The number of aromatic nitrogens is 1. The Labute approximate surface area is 213 Å². The number of ether oxygens (including phenoxy) is 1. The molecule has 0 spiro atoms. The number of cyclic esters (lactones) is 1. The van der Waals surface area contributed by atoms with Crippen LogP contribution >= 0.6 is 0 Å². The van der Waals surface area contributed by atoms with Crippen LogP contribution in [0.25, 0.3) is 11.1 Å². The zero-order valence-corrected chi connectivity index (χ0v) is 21.5. The molecule has 2 atom stereocenters. The SMILES string of the molecule is C[C@@H](c1ccc(-c2ccc(C3(C(N)=O)CC3)nc2)cc1)N1CCC(CC2CC2)(CC(C)(C)O)OC1=O. The summed E-state index contributed by atoms with van der Waals surface area (Å²) in [7, 11) is 0. The van der Waals surface area contributed by atoms with Gasteiger partial charge in [0.05, 0.1) is 22.8 Å². The number of hydrogen-bond acceptors (Lipinski definition) is 5. The number of amides is 2. The second-order valence-electron chi connectivity index (χ2n) is 11.8. The molecule has 2 aliphatic carbocycles. The van der Waals surface area contributed by atoms with Crippen LogP contribution in [0.15, 0.2) is 42.6 Å². The van der Waals surface area contributed by atoms with E-state index in [-0.39, 0.29) is 18.0 Å². The molecule has 3 N–H and O–H groups in total. The first kappa shape index (κ1) is 24.8. The van der Waals surface area contributed by atoms with Gasteiger partial charge in [-0.15, -0.1) is 0 Å². The van der Waals surface area contributed by atoms with Crippen LogP contribution in [0.3, 0.4) is 0 Å². The molecular weight excluding hydrogens is 454 g/mol. The van der Waals surface area contributed by atoms with Gasteiger partial charge in [0.25, 0.3) is 0 Å². The van der Waals surface area contributed by atoms with Crippen LogP contribution in [0.2, 0.25) is 0 Å². The van der Waals surface area contributed by atoms with E-state index in [2.05, 4.69) is 4.98 Å². The highest BCUT2D eigenvalue weighted by molar-refractivity contribution is 5.89. The third-order valence-corrected chi connectivity index (χ3v) is 8.13. The van der Waals surface area contributed by atoms with Gasteiger partial charge in [0, 0.05) is 31.1 Å². The molecular formula is C29H37N3O4. The largest absolute Gasteiger partial charge is 0.443 e. The molecule has 1 saturated heterocycles. The molecule has 1 aromatic carbocycles. The van der Waals surface area contributed by atoms with Gasteiger partial charge in [-0.3, -0.25) is 9.78 Å². The van der Waals surface area contributed by atoms with Crippen LogP contribution in [0.5, 0.6) is 0 Å². The fourth-order valence-corrected chi connectivity index (χ4v) is 5.77. The van der Waals surface area contributed by atoms with E-state index in [4.69, 9.17) is 10.5 Å². The second-order valence-corrected chi connectivity index (χ2v) is 11.8. The number of carbonyl (C=O) groups excluding carboxylic acids is 2. The smallest absolute Gasteiger partial charge is 0.410 e. The molecule has 2 amide bonds. The van der Waals surface area contributed by atoms with E-state index in [1.54, 1.807) is 24.9 Å². The van der Waals surface area contributed by atoms with Gasteiger partial charge in [0.15, 0.2) is 0 Å². The molecule has 7 heteroatoms. The maximum atomic E-state index is 13.1. The van der Waals surface area contributed by atoms with Crippen molar-refractivity contribution in [2.75, 3.05) is 6.54 Å². The van der Waals surface area contributed by atoms with E-state index in [1.165, 1.54) is 12.8 Å². The van der Waals surface area contributed by atoms with Crippen LogP contribution in [0.4, 0.5) is 4.79 Å². The lowest BCUT2D eigenvalue weighted by atomic mass is 9.81. The number of rotatable bonds is 9. The van der Waals surface area contributed by atoms with E-state index >= 15 is 0 Å². The zero-order chi connectivity index (χ0) is 25.7. The summed E-state index contributed by atoms with van der Waals surface area (Å²) in [6, 6.07) is 11.9. The molecule has 0 radical (unpaired) electrons. The van der Waals surface area contributed by atoms with Gasteiger partial charge >= 0.3 is 6.09 Å². The molecule has 1 aromatic heterocycles. The quantitative estimate of drug-likeness (QED) is 0.521. The first-order chi connectivity index (χ1) is 17.0. The Morgan fingerprint density at radius 1 is 1.17 bits per heavy atom. The van der Waals surface area contributed by atoms with Gasteiger partial charge in [-0.05, 0) is 63.1 Å². The Morgan fingerprint density at radius 2 is 1.83 bits per heavy atom. The number of nitrogens with two attached hydrogens (primary N) is 1. The summed E-state index contributed by atoms with van der Waals surface area (Å²) in [6.45, 7) is 6.21. The molecule has 0 bridgehead atoms. The number of benzene rings is 1. The third kappa shape index (κ3) is 4.99. The molecule has 2 aromatic rings. The highest BCUT2D eigenvalue weighted by atomic mass is 16.6. The standard InChI is InChI=1S/C29H37N3O4/c1-19(32-15-14-28(36-26(32)34,16-20-4-5-20)18-27(2,3)35)21-6-8-22(9-7-21)23-10-11-24(31-17-23)29(12-13-29)25(30)33/h6-11,17,19-20,35H,4-5,12-16,18H2,1-3H3,(H2,30,33)/t19-,28?/m0/s1. The molecule has 3 aliphatic rings. The van der Waals surface area contributed by atoms with Crippen LogP contribution in [0.1, 0.15) is 83.0 Å². The van der Waals surface area contributed by atoms with Crippen molar-refractivity contribution in [1.82, 2.24) is 9.88 Å². The Bertz CT molecular complexity index is 1130. The minimum absolute atomic E-state index is 0.126. The Balaban J connectivity index is 1.26. The Morgan fingerprint density at radius 3 is 2.33 bits per heavy atom. The lowest BCUT2D eigenvalue weighted by molar-refractivity contribution is -0.120. The van der Waals surface area contributed by atoms with Gasteiger partial charge in [-0.25, -0.2) is 4.79 Å². The second kappa shape index (κ2) is 8.87. The first-order valence-corrected chi connectivity index (χ1v) is 13.1. The fourth-order valence-electron chi connectivity index (χ4n) is 5.77. The molecule has 7 nitrogen and oxygen atoms in total. The van der Waals surface area contributed by atoms with Gasteiger partial charge in [-0.1, -0.05) is 43.2 Å². The van der Waals surface area contributed by atoms with Crippen molar-refractivity contribution in [3.8, 4) is 11.1 Å². The first-order valence-electron chi connectivity index (χ1n) is 13.1. The lowest BCUT2D eigenvalue weighted by Gasteiger charge is -2.45. The zero-order valence-electron chi connectivity index (χ0n) is 21.5. The number of pyridine rings is 1. The van der Waals surface area contributed by atoms with E-state index in [9.17, 15) is 14.7 Å². The van der Waals surface area contributed by atoms with Crippen LogP contribution in [0, 0.1) is 5.92 Å². The van der Waals surface area contributed by atoms with E-state index in [1.807, 2.05) is 43.3 Å². The topological polar surface area (TPSA) is 106 Å².